The van der Waals surface area contributed by atoms with Gasteiger partial charge in [0.05, 0.1) is 0 Å². The molecule has 22 heavy (non-hydrogen) atoms. The van der Waals surface area contributed by atoms with E-state index in [2.05, 4.69) is 48.7 Å². The van der Waals surface area contributed by atoms with Crippen molar-refractivity contribution in [3.63, 3.8) is 0 Å². The van der Waals surface area contributed by atoms with Crippen molar-refractivity contribution in [2.24, 2.45) is 5.73 Å². The van der Waals surface area contributed by atoms with Gasteiger partial charge in [-0.15, -0.1) is 0 Å². The molecule has 0 bridgehead atoms. The minimum absolute atomic E-state index is 0.193. The van der Waals surface area contributed by atoms with Crippen LogP contribution in [0.15, 0.2) is 42.0 Å². The second kappa shape index (κ2) is 9.96. The molecule has 4 N–H and O–H groups in total. The first kappa shape index (κ1) is 18.2. The van der Waals surface area contributed by atoms with Crippen LogP contribution in [0.25, 0.3) is 5.57 Å². The van der Waals surface area contributed by atoms with Crippen molar-refractivity contribution in [3.05, 3.63) is 53.1 Å². The molecule has 0 spiro atoms. The van der Waals surface area contributed by atoms with Crippen LogP contribution in [0, 0.1) is 5.41 Å². The van der Waals surface area contributed by atoms with Gasteiger partial charge in [-0.2, -0.15) is 0 Å². The highest BCUT2D eigenvalue weighted by Crippen LogP contribution is 2.27. The van der Waals surface area contributed by atoms with Crippen molar-refractivity contribution in [2.75, 3.05) is 6.54 Å². The quantitative estimate of drug-likeness (QED) is 0.418. The third-order valence-electron chi connectivity index (χ3n) is 3.52. The SMILES string of the molecule is CC.CCCNCc1ccc(C2=C(C(=N)N)CCC=C2)cc1. The summed E-state index contributed by atoms with van der Waals surface area (Å²) >= 11 is 0. The van der Waals surface area contributed by atoms with Gasteiger partial charge in [0.1, 0.15) is 5.84 Å². The molecule has 1 aromatic rings. The number of amidine groups is 1. The predicted octanol–water partition coefficient (Wildman–Crippen LogP) is 4.25. The van der Waals surface area contributed by atoms with Crippen LogP contribution in [0.1, 0.15) is 51.2 Å². The van der Waals surface area contributed by atoms with Gasteiger partial charge in [0.25, 0.3) is 0 Å². The first-order valence-electron chi connectivity index (χ1n) is 8.26. The Morgan fingerprint density at radius 1 is 1.23 bits per heavy atom. The van der Waals surface area contributed by atoms with E-state index in [0.29, 0.717) is 0 Å². The zero-order chi connectivity index (χ0) is 16.4. The third-order valence-corrected chi connectivity index (χ3v) is 3.52. The van der Waals surface area contributed by atoms with Gasteiger partial charge < -0.3 is 11.1 Å². The Kier molecular flexibility index (Phi) is 8.23. The van der Waals surface area contributed by atoms with Crippen LogP contribution in [0.2, 0.25) is 0 Å². The average molecular weight is 299 g/mol. The van der Waals surface area contributed by atoms with Gasteiger partial charge in [-0.05, 0) is 42.5 Å². The van der Waals surface area contributed by atoms with Gasteiger partial charge in [-0.1, -0.05) is 57.2 Å². The second-order valence-corrected chi connectivity index (χ2v) is 5.12. The van der Waals surface area contributed by atoms with Crippen molar-refractivity contribution >= 4 is 11.4 Å². The van der Waals surface area contributed by atoms with Crippen LogP contribution in [0.3, 0.4) is 0 Å². The summed E-state index contributed by atoms with van der Waals surface area (Å²) in [6.07, 6.45) is 7.22. The molecule has 0 aromatic heterocycles. The maximum atomic E-state index is 7.70. The van der Waals surface area contributed by atoms with Crippen molar-refractivity contribution in [1.82, 2.24) is 5.32 Å². The van der Waals surface area contributed by atoms with Crippen LogP contribution in [0.5, 0.6) is 0 Å². The van der Waals surface area contributed by atoms with Crippen molar-refractivity contribution < 1.29 is 0 Å². The highest BCUT2D eigenvalue weighted by Gasteiger charge is 2.12. The van der Waals surface area contributed by atoms with E-state index in [4.69, 9.17) is 11.1 Å². The van der Waals surface area contributed by atoms with Crippen LogP contribution >= 0.6 is 0 Å². The number of rotatable bonds is 6. The minimum Gasteiger partial charge on any atom is -0.384 e. The molecule has 0 atom stereocenters. The first-order chi connectivity index (χ1) is 10.7. The Morgan fingerprint density at radius 2 is 1.91 bits per heavy atom. The molecule has 0 aliphatic heterocycles. The zero-order valence-electron chi connectivity index (χ0n) is 14.1. The lowest BCUT2D eigenvalue weighted by Gasteiger charge is -2.15. The molecule has 120 valence electrons. The predicted molar refractivity (Wildman–Crippen MR) is 97.0 cm³/mol. The minimum atomic E-state index is 0.193. The molecule has 0 amide bonds. The number of hydrogen-bond donors (Lipinski definition) is 3. The zero-order valence-corrected chi connectivity index (χ0v) is 14.1. The van der Waals surface area contributed by atoms with E-state index in [9.17, 15) is 0 Å². The number of nitrogens with two attached hydrogens (primary N) is 1. The van der Waals surface area contributed by atoms with Crippen molar-refractivity contribution in [3.8, 4) is 0 Å². The molecule has 1 aromatic carbocycles. The smallest absolute Gasteiger partial charge is 0.119 e. The normalized spacial score (nSPS) is 13.6. The van der Waals surface area contributed by atoms with Gasteiger partial charge in [0.15, 0.2) is 0 Å². The summed E-state index contributed by atoms with van der Waals surface area (Å²) in [7, 11) is 0. The highest BCUT2D eigenvalue weighted by atomic mass is 14.8. The van der Waals surface area contributed by atoms with Crippen molar-refractivity contribution in [1.29, 1.82) is 5.41 Å². The van der Waals surface area contributed by atoms with Gasteiger partial charge in [-0.3, -0.25) is 5.41 Å². The monoisotopic (exact) mass is 299 g/mol. The van der Waals surface area contributed by atoms with Crippen LogP contribution in [-0.4, -0.2) is 12.4 Å². The van der Waals surface area contributed by atoms with Gasteiger partial charge >= 0.3 is 0 Å². The molecule has 0 saturated carbocycles. The standard InChI is InChI=1S/C17H23N3.C2H6/c1-2-11-20-12-13-7-9-14(10-8-13)15-5-3-4-6-16(15)17(18)19;1-2/h3,5,7-10,20H,2,4,6,11-12H2,1H3,(H3,18,19);1-2H3. The molecule has 1 aliphatic rings. The van der Waals surface area contributed by atoms with E-state index < -0.39 is 0 Å². The Labute approximate surface area is 134 Å². The summed E-state index contributed by atoms with van der Waals surface area (Å²) in [6.45, 7) is 8.12. The lowest BCUT2D eigenvalue weighted by atomic mass is 9.91. The molecular formula is C19H29N3. The topological polar surface area (TPSA) is 61.9 Å². The van der Waals surface area contributed by atoms with Gasteiger partial charge in [-0.25, -0.2) is 0 Å². The summed E-state index contributed by atoms with van der Waals surface area (Å²) < 4.78 is 0. The Balaban J connectivity index is 0.00000116. The lowest BCUT2D eigenvalue weighted by Crippen LogP contribution is -2.16. The Morgan fingerprint density at radius 3 is 2.50 bits per heavy atom. The Bertz CT molecular complexity index is 524. The fraction of sp³-hybridized carbons (Fsp3) is 0.421. The lowest BCUT2D eigenvalue weighted by molar-refractivity contribution is 0.675. The van der Waals surface area contributed by atoms with Gasteiger partial charge in [0.2, 0.25) is 0 Å². The molecule has 0 radical (unpaired) electrons. The second-order valence-electron chi connectivity index (χ2n) is 5.12. The van der Waals surface area contributed by atoms with Crippen LogP contribution in [-0.2, 0) is 6.54 Å². The Hall–Kier alpha value is -1.87. The van der Waals surface area contributed by atoms with E-state index in [-0.39, 0.29) is 5.84 Å². The molecule has 0 unspecified atom stereocenters. The average Bonchev–Trinajstić information content (AvgIpc) is 2.57. The number of benzene rings is 1. The molecular weight excluding hydrogens is 270 g/mol. The summed E-state index contributed by atoms with van der Waals surface area (Å²) in [4.78, 5) is 0. The van der Waals surface area contributed by atoms with E-state index in [1.165, 1.54) is 5.56 Å². The largest absolute Gasteiger partial charge is 0.384 e. The fourth-order valence-corrected chi connectivity index (χ4v) is 2.43. The highest BCUT2D eigenvalue weighted by molar-refractivity contribution is 6.04. The summed E-state index contributed by atoms with van der Waals surface area (Å²) in [5.74, 6) is 0.193. The van der Waals surface area contributed by atoms with E-state index >= 15 is 0 Å². The third kappa shape index (κ3) is 5.15. The molecule has 0 heterocycles. The fourth-order valence-electron chi connectivity index (χ4n) is 2.43. The summed E-state index contributed by atoms with van der Waals surface area (Å²) in [5.41, 5.74) is 10.2. The number of allylic oxidation sites excluding steroid dienone is 3. The van der Waals surface area contributed by atoms with Crippen LogP contribution in [0.4, 0.5) is 0 Å². The van der Waals surface area contributed by atoms with E-state index in [0.717, 1.165) is 49.1 Å². The molecule has 3 nitrogen and oxygen atoms in total. The molecule has 1 aliphatic carbocycles. The molecule has 0 saturated heterocycles. The molecule has 3 heteroatoms. The maximum absolute atomic E-state index is 7.70. The summed E-state index contributed by atoms with van der Waals surface area (Å²) in [6, 6.07) is 8.53. The van der Waals surface area contributed by atoms with E-state index in [1.807, 2.05) is 13.8 Å². The van der Waals surface area contributed by atoms with Crippen LogP contribution < -0.4 is 11.1 Å². The maximum Gasteiger partial charge on any atom is 0.119 e. The first-order valence-corrected chi connectivity index (χ1v) is 8.26. The number of hydrogen-bond acceptors (Lipinski definition) is 2. The van der Waals surface area contributed by atoms with Gasteiger partial charge in [0, 0.05) is 12.1 Å². The van der Waals surface area contributed by atoms with Crippen molar-refractivity contribution in [2.45, 2.75) is 46.6 Å². The molecule has 2 rings (SSSR count). The molecule has 0 fully saturated rings. The van der Waals surface area contributed by atoms with E-state index in [1.54, 1.807) is 0 Å². The number of nitrogens with one attached hydrogen (secondary N) is 2. The summed E-state index contributed by atoms with van der Waals surface area (Å²) in [5, 5.41) is 11.1.